The highest BCUT2D eigenvalue weighted by atomic mass is 16.2. The molecule has 0 saturated carbocycles. The van der Waals surface area contributed by atoms with Crippen LogP contribution in [0.15, 0.2) is 24.3 Å². The average molecular weight is 243 g/mol. The van der Waals surface area contributed by atoms with Crippen molar-refractivity contribution >= 4 is 17.4 Å². The molecule has 0 spiro atoms. The maximum Gasteiger partial charge on any atom is 0.258 e. The van der Waals surface area contributed by atoms with Crippen LogP contribution in [0.3, 0.4) is 0 Å². The van der Waals surface area contributed by atoms with Crippen LogP contribution in [-0.2, 0) is 16.0 Å². The van der Waals surface area contributed by atoms with Gasteiger partial charge in [0.1, 0.15) is 0 Å². The lowest BCUT2D eigenvalue weighted by Crippen LogP contribution is -2.21. The fourth-order valence-electron chi connectivity index (χ4n) is 2.18. The third-order valence-electron chi connectivity index (χ3n) is 3.16. The standard InChI is InChI=1S/C15H17NO2/c1-3-4-5-11-6-7-12(10(2)8-11)13-9-14(17)16-15(13)18/h6-9H,3-5H2,1-2H3,(H,16,17,18). The van der Waals surface area contributed by atoms with Crippen LogP contribution in [0.25, 0.3) is 5.57 Å². The molecule has 1 N–H and O–H groups in total. The number of carbonyl (C=O) groups is 2. The predicted octanol–water partition coefficient (Wildman–Crippen LogP) is 2.38. The summed E-state index contributed by atoms with van der Waals surface area (Å²) < 4.78 is 0. The van der Waals surface area contributed by atoms with Gasteiger partial charge in [-0.15, -0.1) is 0 Å². The molecule has 1 aromatic carbocycles. The average Bonchev–Trinajstić information content (AvgIpc) is 2.66. The lowest BCUT2D eigenvalue weighted by atomic mass is 9.97. The number of carbonyl (C=O) groups excluding carboxylic acids is 2. The molecule has 0 saturated heterocycles. The SMILES string of the molecule is CCCCc1ccc(C2=CC(=O)NC2=O)c(C)c1. The van der Waals surface area contributed by atoms with Crippen molar-refractivity contribution in [2.75, 3.05) is 0 Å². The summed E-state index contributed by atoms with van der Waals surface area (Å²) in [6, 6.07) is 6.07. The molecule has 0 aromatic heterocycles. The summed E-state index contributed by atoms with van der Waals surface area (Å²) in [6.45, 7) is 4.14. The molecular formula is C15H17NO2. The summed E-state index contributed by atoms with van der Waals surface area (Å²) >= 11 is 0. The molecule has 0 radical (unpaired) electrons. The van der Waals surface area contributed by atoms with Crippen molar-refractivity contribution in [3.63, 3.8) is 0 Å². The Morgan fingerprint density at radius 1 is 1.22 bits per heavy atom. The highest BCUT2D eigenvalue weighted by Crippen LogP contribution is 2.23. The van der Waals surface area contributed by atoms with E-state index in [9.17, 15) is 9.59 Å². The first kappa shape index (κ1) is 12.6. The van der Waals surface area contributed by atoms with Gasteiger partial charge in [0, 0.05) is 6.08 Å². The number of imide groups is 1. The first-order chi connectivity index (χ1) is 8.61. The Morgan fingerprint density at radius 2 is 2.00 bits per heavy atom. The van der Waals surface area contributed by atoms with E-state index in [-0.39, 0.29) is 11.8 Å². The second-order valence-electron chi connectivity index (χ2n) is 4.63. The molecule has 1 aromatic rings. The van der Waals surface area contributed by atoms with E-state index in [4.69, 9.17) is 0 Å². The molecule has 0 fully saturated rings. The van der Waals surface area contributed by atoms with Gasteiger partial charge in [0.15, 0.2) is 0 Å². The highest BCUT2D eigenvalue weighted by Gasteiger charge is 2.23. The third kappa shape index (κ3) is 2.50. The Labute approximate surface area is 107 Å². The van der Waals surface area contributed by atoms with Gasteiger partial charge in [-0.2, -0.15) is 0 Å². The Balaban J connectivity index is 2.28. The van der Waals surface area contributed by atoms with Crippen LogP contribution in [-0.4, -0.2) is 11.8 Å². The van der Waals surface area contributed by atoms with E-state index in [1.54, 1.807) is 0 Å². The molecule has 18 heavy (non-hydrogen) atoms. The van der Waals surface area contributed by atoms with Crippen LogP contribution in [0.4, 0.5) is 0 Å². The van der Waals surface area contributed by atoms with Crippen molar-refractivity contribution in [2.45, 2.75) is 33.1 Å². The van der Waals surface area contributed by atoms with Gasteiger partial charge < -0.3 is 0 Å². The number of amides is 2. The summed E-state index contributed by atoms with van der Waals surface area (Å²) in [5, 5.41) is 2.27. The summed E-state index contributed by atoms with van der Waals surface area (Å²) in [6.07, 6.45) is 4.77. The molecule has 1 heterocycles. The molecule has 2 amide bonds. The second-order valence-corrected chi connectivity index (χ2v) is 4.63. The van der Waals surface area contributed by atoms with Crippen molar-refractivity contribution in [1.29, 1.82) is 0 Å². The number of nitrogens with one attached hydrogen (secondary N) is 1. The topological polar surface area (TPSA) is 46.2 Å². The van der Waals surface area contributed by atoms with Crippen LogP contribution < -0.4 is 5.32 Å². The molecule has 94 valence electrons. The molecule has 0 atom stereocenters. The molecule has 3 nitrogen and oxygen atoms in total. The van der Waals surface area contributed by atoms with Crippen LogP contribution in [0.1, 0.15) is 36.5 Å². The largest absolute Gasteiger partial charge is 0.289 e. The zero-order valence-corrected chi connectivity index (χ0v) is 10.7. The lowest BCUT2D eigenvalue weighted by Gasteiger charge is -2.08. The summed E-state index contributed by atoms with van der Waals surface area (Å²) in [7, 11) is 0. The van der Waals surface area contributed by atoms with E-state index in [0.717, 1.165) is 17.5 Å². The minimum Gasteiger partial charge on any atom is -0.289 e. The quantitative estimate of drug-likeness (QED) is 0.825. The van der Waals surface area contributed by atoms with E-state index in [0.29, 0.717) is 5.57 Å². The van der Waals surface area contributed by atoms with Crippen LogP contribution >= 0.6 is 0 Å². The normalized spacial score (nSPS) is 14.7. The Morgan fingerprint density at radius 3 is 2.56 bits per heavy atom. The number of unbranched alkanes of at least 4 members (excludes halogenated alkanes) is 1. The smallest absolute Gasteiger partial charge is 0.258 e. The van der Waals surface area contributed by atoms with Gasteiger partial charge in [0.25, 0.3) is 11.8 Å². The molecule has 0 unspecified atom stereocenters. The third-order valence-corrected chi connectivity index (χ3v) is 3.16. The van der Waals surface area contributed by atoms with E-state index < -0.39 is 0 Å². The maximum atomic E-state index is 11.6. The first-order valence-electron chi connectivity index (χ1n) is 6.28. The van der Waals surface area contributed by atoms with Crippen molar-refractivity contribution < 1.29 is 9.59 Å². The van der Waals surface area contributed by atoms with E-state index in [1.807, 2.05) is 19.1 Å². The molecule has 2 rings (SSSR count). The summed E-state index contributed by atoms with van der Waals surface area (Å²) in [5.74, 6) is -0.631. The molecular weight excluding hydrogens is 226 g/mol. The van der Waals surface area contributed by atoms with E-state index in [2.05, 4.69) is 18.3 Å². The van der Waals surface area contributed by atoms with Crippen LogP contribution in [0.2, 0.25) is 0 Å². The van der Waals surface area contributed by atoms with Gasteiger partial charge in [-0.1, -0.05) is 31.5 Å². The van der Waals surface area contributed by atoms with Gasteiger partial charge >= 0.3 is 0 Å². The van der Waals surface area contributed by atoms with E-state index >= 15 is 0 Å². The Kier molecular flexibility index (Phi) is 3.60. The number of benzene rings is 1. The van der Waals surface area contributed by atoms with Crippen molar-refractivity contribution in [3.05, 3.63) is 41.0 Å². The molecule has 0 bridgehead atoms. The monoisotopic (exact) mass is 243 g/mol. The lowest BCUT2D eigenvalue weighted by molar-refractivity contribution is -0.123. The zero-order chi connectivity index (χ0) is 13.1. The first-order valence-corrected chi connectivity index (χ1v) is 6.28. The molecule has 3 heteroatoms. The molecule has 1 aliphatic heterocycles. The summed E-state index contributed by atoms with van der Waals surface area (Å²) in [5.41, 5.74) is 3.64. The van der Waals surface area contributed by atoms with Gasteiger partial charge in [-0.3, -0.25) is 14.9 Å². The van der Waals surface area contributed by atoms with Crippen LogP contribution in [0, 0.1) is 6.92 Å². The second kappa shape index (κ2) is 5.17. The van der Waals surface area contributed by atoms with Crippen molar-refractivity contribution in [1.82, 2.24) is 5.32 Å². The predicted molar refractivity (Wildman–Crippen MR) is 70.9 cm³/mol. The minimum absolute atomic E-state index is 0.301. The fraction of sp³-hybridized carbons (Fsp3) is 0.333. The van der Waals surface area contributed by atoms with Gasteiger partial charge in [-0.05, 0) is 36.5 Å². The zero-order valence-electron chi connectivity index (χ0n) is 10.7. The highest BCUT2D eigenvalue weighted by molar-refractivity contribution is 6.33. The molecule has 1 aliphatic rings. The minimum atomic E-state index is -0.329. The Hall–Kier alpha value is -1.90. The number of hydrogen-bond donors (Lipinski definition) is 1. The number of hydrogen-bond acceptors (Lipinski definition) is 2. The van der Waals surface area contributed by atoms with E-state index in [1.165, 1.54) is 24.5 Å². The maximum absolute atomic E-state index is 11.6. The van der Waals surface area contributed by atoms with Gasteiger partial charge in [-0.25, -0.2) is 0 Å². The summed E-state index contributed by atoms with van der Waals surface area (Å²) in [4.78, 5) is 22.7. The van der Waals surface area contributed by atoms with Gasteiger partial charge in [0.2, 0.25) is 0 Å². The Bertz CT molecular complexity index is 529. The van der Waals surface area contributed by atoms with Crippen molar-refractivity contribution in [2.24, 2.45) is 0 Å². The molecule has 0 aliphatic carbocycles. The van der Waals surface area contributed by atoms with Crippen LogP contribution in [0.5, 0.6) is 0 Å². The fourth-order valence-corrected chi connectivity index (χ4v) is 2.18. The number of aryl methyl sites for hydroxylation is 2. The number of rotatable bonds is 4. The van der Waals surface area contributed by atoms with Crippen molar-refractivity contribution in [3.8, 4) is 0 Å². The van der Waals surface area contributed by atoms with Gasteiger partial charge in [0.05, 0.1) is 5.57 Å².